The maximum Gasteiger partial charge on any atom is 0.0741 e. The van der Waals surface area contributed by atoms with Gasteiger partial charge in [-0.3, -0.25) is 4.98 Å². The van der Waals surface area contributed by atoms with Gasteiger partial charge < -0.3 is 5.73 Å². The lowest BCUT2D eigenvalue weighted by atomic mass is 10.1. The summed E-state index contributed by atoms with van der Waals surface area (Å²) in [5.74, 6) is 0. The third-order valence-corrected chi connectivity index (χ3v) is 2.80. The summed E-state index contributed by atoms with van der Waals surface area (Å²) in [6.07, 6.45) is 5.50. The zero-order valence-corrected chi connectivity index (χ0v) is 9.46. The number of anilines is 1. The summed E-state index contributed by atoms with van der Waals surface area (Å²) >= 11 is 0. The van der Waals surface area contributed by atoms with Crippen LogP contribution >= 0.6 is 0 Å². The molecule has 0 fully saturated rings. The average Bonchev–Trinajstić information content (AvgIpc) is 2.77. The summed E-state index contributed by atoms with van der Waals surface area (Å²) in [7, 11) is 0. The van der Waals surface area contributed by atoms with E-state index in [0.717, 1.165) is 27.8 Å². The Labute approximate surface area is 98.7 Å². The van der Waals surface area contributed by atoms with Crippen molar-refractivity contribution in [2.45, 2.75) is 6.92 Å². The first kappa shape index (κ1) is 9.84. The Kier molecular flexibility index (Phi) is 2.08. The molecular formula is C13H12N4. The van der Waals surface area contributed by atoms with Gasteiger partial charge in [-0.2, -0.15) is 5.10 Å². The number of benzene rings is 1. The largest absolute Gasteiger partial charge is 0.398 e. The number of pyridine rings is 1. The van der Waals surface area contributed by atoms with Crippen molar-refractivity contribution in [1.82, 2.24) is 14.8 Å². The molecule has 3 rings (SSSR count). The molecule has 1 aromatic carbocycles. The number of nitrogens with two attached hydrogens (primary N) is 1. The SMILES string of the molecule is Cc1ccn(-c2ccc(N)c3ccncc23)n1. The van der Waals surface area contributed by atoms with Gasteiger partial charge in [-0.15, -0.1) is 0 Å². The first-order valence-corrected chi connectivity index (χ1v) is 5.40. The van der Waals surface area contributed by atoms with E-state index in [4.69, 9.17) is 5.73 Å². The number of hydrogen-bond acceptors (Lipinski definition) is 3. The minimum atomic E-state index is 0.759. The smallest absolute Gasteiger partial charge is 0.0741 e. The van der Waals surface area contributed by atoms with Crippen LogP contribution in [0.4, 0.5) is 5.69 Å². The third-order valence-electron chi connectivity index (χ3n) is 2.80. The number of aromatic nitrogens is 3. The van der Waals surface area contributed by atoms with E-state index in [1.165, 1.54) is 0 Å². The Morgan fingerprint density at radius 2 is 2.00 bits per heavy atom. The standard InChI is InChI=1S/C13H12N4/c1-9-5-7-17(16-9)13-3-2-12(14)10-4-6-15-8-11(10)13/h2-8H,14H2,1H3. The summed E-state index contributed by atoms with van der Waals surface area (Å²) in [6.45, 7) is 1.97. The van der Waals surface area contributed by atoms with E-state index in [1.807, 2.05) is 48.3 Å². The van der Waals surface area contributed by atoms with Gasteiger partial charge in [0.05, 0.1) is 11.4 Å². The monoisotopic (exact) mass is 224 g/mol. The first-order chi connectivity index (χ1) is 8.25. The van der Waals surface area contributed by atoms with E-state index in [2.05, 4.69) is 10.1 Å². The van der Waals surface area contributed by atoms with Crippen molar-refractivity contribution in [2.24, 2.45) is 0 Å². The van der Waals surface area contributed by atoms with Crippen molar-refractivity contribution in [2.75, 3.05) is 5.73 Å². The van der Waals surface area contributed by atoms with Gasteiger partial charge in [-0.25, -0.2) is 4.68 Å². The fraction of sp³-hybridized carbons (Fsp3) is 0.0769. The molecule has 0 aliphatic rings. The van der Waals surface area contributed by atoms with Gasteiger partial charge in [0.1, 0.15) is 0 Å². The van der Waals surface area contributed by atoms with E-state index in [9.17, 15) is 0 Å². The topological polar surface area (TPSA) is 56.7 Å². The van der Waals surface area contributed by atoms with Crippen molar-refractivity contribution in [3.63, 3.8) is 0 Å². The molecule has 0 unspecified atom stereocenters. The minimum Gasteiger partial charge on any atom is -0.398 e. The van der Waals surface area contributed by atoms with Gasteiger partial charge >= 0.3 is 0 Å². The predicted molar refractivity (Wildman–Crippen MR) is 68.0 cm³/mol. The number of nitrogens with zero attached hydrogens (tertiary/aromatic N) is 3. The van der Waals surface area contributed by atoms with Crippen LogP contribution in [0, 0.1) is 6.92 Å². The molecule has 0 atom stereocenters. The highest BCUT2D eigenvalue weighted by atomic mass is 15.3. The Bertz CT molecular complexity index is 685. The maximum atomic E-state index is 5.95. The Morgan fingerprint density at radius 3 is 2.76 bits per heavy atom. The summed E-state index contributed by atoms with van der Waals surface area (Å²) in [4.78, 5) is 4.15. The fourth-order valence-corrected chi connectivity index (χ4v) is 1.95. The summed E-state index contributed by atoms with van der Waals surface area (Å²) in [5, 5.41) is 6.42. The van der Waals surface area contributed by atoms with Crippen molar-refractivity contribution in [3.8, 4) is 5.69 Å². The van der Waals surface area contributed by atoms with E-state index in [1.54, 1.807) is 6.20 Å². The molecule has 2 aromatic heterocycles. The van der Waals surface area contributed by atoms with Crippen LogP contribution in [0.25, 0.3) is 16.5 Å². The second-order valence-electron chi connectivity index (χ2n) is 4.00. The van der Waals surface area contributed by atoms with Crippen molar-refractivity contribution in [3.05, 3.63) is 48.5 Å². The normalized spacial score (nSPS) is 10.9. The Hall–Kier alpha value is -2.36. The Balaban J connectivity index is 2.34. The highest BCUT2D eigenvalue weighted by Gasteiger charge is 2.06. The Morgan fingerprint density at radius 1 is 1.12 bits per heavy atom. The van der Waals surface area contributed by atoms with Crippen LogP contribution in [0.3, 0.4) is 0 Å². The third kappa shape index (κ3) is 1.54. The molecule has 2 heterocycles. The van der Waals surface area contributed by atoms with Crippen molar-refractivity contribution >= 4 is 16.5 Å². The molecule has 0 radical (unpaired) electrons. The minimum absolute atomic E-state index is 0.759. The van der Waals surface area contributed by atoms with Crippen LogP contribution in [-0.4, -0.2) is 14.8 Å². The predicted octanol–water partition coefficient (Wildman–Crippen LogP) is 2.31. The lowest BCUT2D eigenvalue weighted by Crippen LogP contribution is -1.98. The van der Waals surface area contributed by atoms with Crippen LogP contribution in [0.1, 0.15) is 5.69 Å². The molecular weight excluding hydrogens is 212 g/mol. The van der Waals surface area contributed by atoms with Crippen molar-refractivity contribution in [1.29, 1.82) is 0 Å². The molecule has 0 aliphatic carbocycles. The van der Waals surface area contributed by atoms with Crippen LogP contribution < -0.4 is 5.73 Å². The quantitative estimate of drug-likeness (QED) is 0.645. The van der Waals surface area contributed by atoms with E-state index < -0.39 is 0 Å². The van der Waals surface area contributed by atoms with Crippen molar-refractivity contribution < 1.29 is 0 Å². The van der Waals surface area contributed by atoms with Gasteiger partial charge in [0.15, 0.2) is 0 Å². The van der Waals surface area contributed by atoms with Gasteiger partial charge in [0, 0.05) is 35.1 Å². The molecule has 0 spiro atoms. The maximum absolute atomic E-state index is 5.95. The summed E-state index contributed by atoms with van der Waals surface area (Å²) in [6, 6.07) is 7.75. The summed E-state index contributed by atoms with van der Waals surface area (Å²) < 4.78 is 1.85. The molecule has 0 saturated heterocycles. The molecule has 84 valence electrons. The second-order valence-corrected chi connectivity index (χ2v) is 4.00. The molecule has 0 bridgehead atoms. The van der Waals surface area contributed by atoms with E-state index in [-0.39, 0.29) is 0 Å². The molecule has 4 nitrogen and oxygen atoms in total. The molecule has 17 heavy (non-hydrogen) atoms. The van der Waals surface area contributed by atoms with E-state index in [0.29, 0.717) is 0 Å². The highest BCUT2D eigenvalue weighted by molar-refractivity contribution is 5.97. The van der Waals surface area contributed by atoms with Crippen LogP contribution in [0.15, 0.2) is 42.9 Å². The molecule has 4 heteroatoms. The van der Waals surface area contributed by atoms with Crippen LogP contribution in [-0.2, 0) is 0 Å². The zero-order chi connectivity index (χ0) is 11.8. The molecule has 0 amide bonds. The van der Waals surface area contributed by atoms with Gasteiger partial charge in [-0.05, 0) is 31.2 Å². The number of nitrogen functional groups attached to an aromatic ring is 1. The number of rotatable bonds is 1. The molecule has 3 aromatic rings. The van der Waals surface area contributed by atoms with Gasteiger partial charge in [0.25, 0.3) is 0 Å². The van der Waals surface area contributed by atoms with Crippen LogP contribution in [0.2, 0.25) is 0 Å². The molecule has 2 N–H and O–H groups in total. The van der Waals surface area contributed by atoms with Gasteiger partial charge in [0.2, 0.25) is 0 Å². The number of aryl methyl sites for hydroxylation is 1. The molecule has 0 aliphatic heterocycles. The second kappa shape index (κ2) is 3.59. The zero-order valence-electron chi connectivity index (χ0n) is 9.46. The first-order valence-electron chi connectivity index (χ1n) is 5.40. The highest BCUT2D eigenvalue weighted by Crippen LogP contribution is 2.25. The average molecular weight is 224 g/mol. The van der Waals surface area contributed by atoms with Gasteiger partial charge in [-0.1, -0.05) is 0 Å². The van der Waals surface area contributed by atoms with E-state index >= 15 is 0 Å². The number of fused-ring (bicyclic) bond motifs is 1. The fourth-order valence-electron chi connectivity index (χ4n) is 1.95. The lowest BCUT2D eigenvalue weighted by Gasteiger charge is -2.08. The molecule has 0 saturated carbocycles. The summed E-state index contributed by atoms with van der Waals surface area (Å²) in [5.41, 5.74) is 8.69. The van der Waals surface area contributed by atoms with Crippen LogP contribution in [0.5, 0.6) is 0 Å². The number of hydrogen-bond donors (Lipinski definition) is 1. The lowest BCUT2D eigenvalue weighted by molar-refractivity contribution is 0.869.